The van der Waals surface area contributed by atoms with Gasteiger partial charge in [-0.2, -0.15) is 5.01 Å². The Balaban J connectivity index is 1.10. The van der Waals surface area contributed by atoms with E-state index in [2.05, 4.69) is 10.4 Å². The van der Waals surface area contributed by atoms with Gasteiger partial charge in [-0.15, -0.1) is 0 Å². The van der Waals surface area contributed by atoms with Gasteiger partial charge in [0.05, 0.1) is 53.8 Å². The molecule has 2 aliphatic heterocycles. The number of rotatable bonds is 8. The number of aromatic hydroxyl groups is 1. The normalized spacial score (nSPS) is 24.4. The maximum Gasteiger partial charge on any atom is 0.260 e. The van der Waals surface area contributed by atoms with E-state index in [1.807, 2.05) is 30.3 Å². The van der Waals surface area contributed by atoms with Crippen LogP contribution in [0.2, 0.25) is 10.0 Å². The molecule has 4 amide bonds. The summed E-state index contributed by atoms with van der Waals surface area (Å²) in [6.45, 7) is 0. The molecule has 2 N–H and O–H groups in total. The Hall–Kier alpha value is -6.63. The molecule has 2 aliphatic carbocycles. The summed E-state index contributed by atoms with van der Waals surface area (Å²) in [6.07, 6.45) is 2.24. The molecule has 6 aromatic rings. The number of fused-ring (bicyclic) bond motifs is 5. The Kier molecular flexibility index (Phi) is 9.19. The van der Waals surface area contributed by atoms with E-state index < -0.39 is 52.7 Å². The molecule has 306 valence electrons. The van der Waals surface area contributed by atoms with Crippen LogP contribution >= 0.6 is 23.2 Å². The number of nitrogens with zero attached hydrogens (tertiary/aromatic N) is 3. The third kappa shape index (κ3) is 5.83. The Bertz CT molecular complexity index is 2810. The van der Waals surface area contributed by atoms with Crippen LogP contribution < -0.4 is 19.8 Å². The van der Waals surface area contributed by atoms with Crippen LogP contribution in [0.4, 0.5) is 11.4 Å². The summed E-state index contributed by atoms with van der Waals surface area (Å²) >= 11 is 12.8. The molecule has 0 bridgehead atoms. The number of methoxy groups -OCH3 is 2. The van der Waals surface area contributed by atoms with Gasteiger partial charge in [-0.1, -0.05) is 65.2 Å². The van der Waals surface area contributed by atoms with Crippen LogP contribution in [0.3, 0.4) is 0 Å². The second kappa shape index (κ2) is 14.5. The Morgan fingerprint density at radius 1 is 0.836 bits per heavy atom. The fraction of sp³-hybridized carbons (Fsp3) is 0.213. The zero-order valence-corrected chi connectivity index (χ0v) is 34.2. The molecule has 61 heavy (non-hydrogen) atoms. The second-order valence-electron chi connectivity index (χ2n) is 15.7. The number of phenols is 1. The number of benzene rings is 5. The zero-order valence-electron chi connectivity index (χ0n) is 32.7. The maximum absolute atomic E-state index is 15.6. The minimum Gasteiger partial charge on any atom is -0.508 e. The number of ether oxygens (including phenoxy) is 2. The van der Waals surface area contributed by atoms with Gasteiger partial charge >= 0.3 is 0 Å². The summed E-state index contributed by atoms with van der Waals surface area (Å²) < 4.78 is 17.3. The van der Waals surface area contributed by atoms with E-state index in [9.17, 15) is 14.7 Å². The van der Waals surface area contributed by atoms with Crippen molar-refractivity contribution in [1.82, 2.24) is 9.99 Å². The second-order valence-corrected chi connectivity index (χ2v) is 16.5. The van der Waals surface area contributed by atoms with Crippen molar-refractivity contribution in [1.29, 1.82) is 0 Å². The van der Waals surface area contributed by atoms with Crippen LogP contribution in [0.1, 0.15) is 29.9 Å². The summed E-state index contributed by atoms with van der Waals surface area (Å²) in [7, 11) is 3.00. The largest absolute Gasteiger partial charge is 0.508 e. The van der Waals surface area contributed by atoms with E-state index in [1.54, 1.807) is 66.7 Å². The van der Waals surface area contributed by atoms with Gasteiger partial charge in [0.25, 0.3) is 11.8 Å². The zero-order chi connectivity index (χ0) is 42.3. The number of carbonyl (C=O) groups excluding carboxylic acids is 4. The fourth-order valence-electron chi connectivity index (χ4n) is 10.1. The lowest BCUT2D eigenvalue weighted by atomic mass is 9.49. The van der Waals surface area contributed by atoms with Gasteiger partial charge in [-0.25, -0.2) is 4.98 Å². The number of para-hydroxylation sites is 2. The Labute approximate surface area is 359 Å². The molecule has 3 fully saturated rings. The summed E-state index contributed by atoms with van der Waals surface area (Å²) in [4.78, 5) is 65.8. The van der Waals surface area contributed by atoms with Crippen LogP contribution in [0.15, 0.2) is 125 Å². The Morgan fingerprint density at radius 2 is 1.61 bits per heavy atom. The van der Waals surface area contributed by atoms with E-state index in [0.29, 0.717) is 50.1 Å². The van der Waals surface area contributed by atoms with Crippen LogP contribution in [0, 0.1) is 23.7 Å². The average molecular weight is 856 g/mol. The highest BCUT2D eigenvalue weighted by atomic mass is 35.5. The first-order valence-corrected chi connectivity index (χ1v) is 20.4. The number of nitrogens with one attached hydrogen (secondary N) is 1. The number of carbonyl (C=O) groups is 4. The van der Waals surface area contributed by atoms with Crippen LogP contribution in [0.5, 0.6) is 17.2 Å². The number of amides is 4. The lowest BCUT2D eigenvalue weighted by molar-refractivity contribution is -0.138. The first kappa shape index (κ1) is 38.6. The van der Waals surface area contributed by atoms with E-state index >= 15 is 9.59 Å². The number of anilines is 2. The molecule has 6 atom stereocenters. The van der Waals surface area contributed by atoms with Crippen molar-refractivity contribution in [3.8, 4) is 28.7 Å². The maximum atomic E-state index is 15.6. The van der Waals surface area contributed by atoms with Gasteiger partial charge in [0.1, 0.15) is 22.8 Å². The summed E-state index contributed by atoms with van der Waals surface area (Å²) in [5.74, 6) is -4.85. The number of hydrogen-bond donors (Lipinski definition) is 2. The number of oxazole rings is 1. The van der Waals surface area contributed by atoms with Crippen molar-refractivity contribution in [2.75, 3.05) is 24.5 Å². The van der Waals surface area contributed by atoms with E-state index in [0.717, 1.165) is 10.6 Å². The molecular weight excluding hydrogens is 819 g/mol. The summed E-state index contributed by atoms with van der Waals surface area (Å²) in [6, 6.07) is 30.7. The van der Waals surface area contributed by atoms with Crippen molar-refractivity contribution in [2.24, 2.45) is 23.7 Å². The van der Waals surface area contributed by atoms with Gasteiger partial charge in [0, 0.05) is 28.1 Å². The van der Waals surface area contributed by atoms with Crippen molar-refractivity contribution in [2.45, 2.75) is 24.2 Å². The SMILES string of the molecule is COc1ccc(C23C(=O)N(Nc4ccc(Cl)cc4Cl)C(=O)C2CC2C(=CCC4C(=O)N(c5ccc(-c6nc7ccccc7o6)cc5)C(=O)C42)C3c2ccc(O)cc2OC)cc1. The minimum atomic E-state index is -1.61. The molecule has 5 aromatic carbocycles. The molecule has 0 spiro atoms. The molecule has 0 radical (unpaired) electrons. The lowest BCUT2D eigenvalue weighted by Crippen LogP contribution is -2.53. The number of imide groups is 2. The summed E-state index contributed by atoms with van der Waals surface area (Å²) in [5.41, 5.74) is 5.86. The number of halogens is 2. The van der Waals surface area contributed by atoms with Crippen LogP contribution in [-0.4, -0.2) is 52.9 Å². The third-order valence-electron chi connectivity index (χ3n) is 12.8. The van der Waals surface area contributed by atoms with Crippen molar-refractivity contribution < 1.29 is 38.2 Å². The van der Waals surface area contributed by atoms with E-state index in [1.165, 1.54) is 37.3 Å². The molecule has 10 rings (SSSR count). The third-order valence-corrected chi connectivity index (χ3v) is 13.3. The standard InChI is InChI=1S/C47H36Cl2N4O8/c1-59-29-15-9-25(10-16-29)47-34(44(56)53(46(47)58)51-36-20-11-26(48)21-35(36)49)23-33-30(41(47)31-17-14-28(54)22-39(31)60-2)18-19-32-40(33)45(57)52(43(32)55)27-12-7-24(8-13-27)42-50-37-5-3-4-6-38(37)61-42/h3-18,20-22,32-34,40-41,51,54H,19,23H2,1-2H3. The van der Waals surface area contributed by atoms with Gasteiger partial charge in [-0.3, -0.25) is 29.5 Å². The molecule has 12 nitrogen and oxygen atoms in total. The number of allylic oxidation sites excluding steroid dienone is 2. The molecule has 14 heteroatoms. The first-order valence-electron chi connectivity index (χ1n) is 19.7. The first-order chi connectivity index (χ1) is 29.5. The topological polar surface area (TPSA) is 152 Å². The van der Waals surface area contributed by atoms with Crippen molar-refractivity contribution >= 4 is 69.3 Å². The van der Waals surface area contributed by atoms with Crippen LogP contribution in [-0.2, 0) is 24.6 Å². The molecular formula is C47H36Cl2N4O8. The van der Waals surface area contributed by atoms with E-state index in [-0.39, 0.29) is 41.0 Å². The Morgan fingerprint density at radius 3 is 2.33 bits per heavy atom. The fourth-order valence-corrected chi connectivity index (χ4v) is 10.6. The highest BCUT2D eigenvalue weighted by Crippen LogP contribution is 2.65. The van der Waals surface area contributed by atoms with Gasteiger partial charge in [0.2, 0.25) is 17.7 Å². The number of hydrazine groups is 1. The molecule has 1 aromatic heterocycles. The highest BCUT2D eigenvalue weighted by molar-refractivity contribution is 6.36. The van der Waals surface area contributed by atoms with E-state index in [4.69, 9.17) is 37.1 Å². The predicted molar refractivity (Wildman–Crippen MR) is 227 cm³/mol. The highest BCUT2D eigenvalue weighted by Gasteiger charge is 2.70. The van der Waals surface area contributed by atoms with Crippen LogP contribution in [0.25, 0.3) is 22.6 Å². The minimum absolute atomic E-state index is 0.0653. The molecule has 3 heterocycles. The molecule has 6 unspecified atom stereocenters. The molecule has 2 saturated heterocycles. The smallest absolute Gasteiger partial charge is 0.260 e. The van der Waals surface area contributed by atoms with Gasteiger partial charge in [0.15, 0.2) is 5.58 Å². The molecule has 4 aliphatic rings. The number of aromatic nitrogens is 1. The quantitative estimate of drug-likeness (QED) is 0.112. The lowest BCUT2D eigenvalue weighted by Gasteiger charge is -2.50. The van der Waals surface area contributed by atoms with Gasteiger partial charge in [-0.05, 0) is 97.1 Å². The predicted octanol–water partition coefficient (Wildman–Crippen LogP) is 8.71. The molecule has 1 saturated carbocycles. The monoisotopic (exact) mass is 854 g/mol. The average Bonchev–Trinajstić information content (AvgIpc) is 3.89. The van der Waals surface area contributed by atoms with Crippen molar-refractivity contribution in [3.63, 3.8) is 0 Å². The van der Waals surface area contributed by atoms with Gasteiger partial charge < -0.3 is 19.0 Å². The number of hydrogen-bond acceptors (Lipinski definition) is 10. The number of phenolic OH excluding ortho intramolecular Hbond substituents is 1. The van der Waals surface area contributed by atoms with Crippen molar-refractivity contribution in [3.05, 3.63) is 142 Å². The summed E-state index contributed by atoms with van der Waals surface area (Å²) in [5, 5.41) is 12.2.